The fraction of sp³-hybridized carbons (Fsp3) is 0.604. The number of hydrogen-bond donors (Lipinski definition) is 1. The molecular weight excluding hydrogens is 767 g/mol. The molecule has 3 aromatic carbocycles. The van der Waals surface area contributed by atoms with Gasteiger partial charge in [0.15, 0.2) is 23.0 Å². The summed E-state index contributed by atoms with van der Waals surface area (Å²) in [5.41, 5.74) is 1.71. The quantitative estimate of drug-likeness (QED) is 0.0864. The molecule has 0 atom stereocenters. The first-order valence-electron chi connectivity index (χ1n) is 22.4. The summed E-state index contributed by atoms with van der Waals surface area (Å²) >= 11 is 0. The van der Waals surface area contributed by atoms with Gasteiger partial charge in [-0.05, 0) is 73.8 Å². The zero-order chi connectivity index (χ0) is 42.0. The largest absolute Gasteiger partial charge is 0.494 e. The standard InChI is InChI=1S/C48H71NO11/c1-2-3-24-49-40-41-18-21-43(22-19-41)55-25-14-10-8-6-4-5-7-9-11-15-26-60-48(50)42-20-23-46-47(39-42)59-38-34-54-30-29-52-32-36-57-45-17-13-12-16-44(45)56-35-31-51-27-28-53-33-37-58-46/h12-13,16-23,39,49H,2-11,14-15,24-38,40H2,1H3. The number of unbranched alkanes of at least 4 members (excludes halogenated alkanes) is 10. The highest BCUT2D eigenvalue weighted by atomic mass is 16.6. The van der Waals surface area contributed by atoms with Crippen LogP contribution in [-0.2, 0) is 30.2 Å². The predicted octanol–water partition coefficient (Wildman–Crippen LogP) is 9.01. The van der Waals surface area contributed by atoms with E-state index in [0.717, 1.165) is 51.1 Å². The van der Waals surface area contributed by atoms with Gasteiger partial charge < -0.3 is 52.7 Å². The minimum absolute atomic E-state index is 0.269. The predicted molar refractivity (Wildman–Crippen MR) is 233 cm³/mol. The second-order valence-electron chi connectivity index (χ2n) is 14.6. The fourth-order valence-corrected chi connectivity index (χ4v) is 6.34. The first-order valence-corrected chi connectivity index (χ1v) is 22.4. The molecule has 0 aliphatic carbocycles. The van der Waals surface area contributed by atoms with Gasteiger partial charge in [-0.2, -0.15) is 0 Å². The van der Waals surface area contributed by atoms with Crippen molar-refractivity contribution in [1.29, 1.82) is 0 Å². The van der Waals surface area contributed by atoms with E-state index in [-0.39, 0.29) is 12.6 Å². The Labute approximate surface area is 358 Å². The van der Waals surface area contributed by atoms with Crippen LogP contribution in [0.15, 0.2) is 66.7 Å². The third kappa shape index (κ3) is 22.0. The smallest absolute Gasteiger partial charge is 0.338 e. The molecule has 60 heavy (non-hydrogen) atoms. The van der Waals surface area contributed by atoms with E-state index in [2.05, 4.69) is 36.5 Å². The number of carbonyl (C=O) groups is 1. The van der Waals surface area contributed by atoms with Crippen LogP contribution in [0.2, 0.25) is 0 Å². The molecule has 0 saturated carbocycles. The molecule has 0 saturated heterocycles. The zero-order valence-corrected chi connectivity index (χ0v) is 36.1. The van der Waals surface area contributed by atoms with E-state index in [1.165, 1.54) is 56.9 Å². The van der Waals surface area contributed by atoms with E-state index in [0.29, 0.717) is 108 Å². The van der Waals surface area contributed by atoms with E-state index < -0.39 is 0 Å². The first kappa shape index (κ1) is 48.6. The Morgan fingerprint density at radius 1 is 0.517 bits per heavy atom. The summed E-state index contributed by atoms with van der Waals surface area (Å²) in [4.78, 5) is 12.9. The summed E-state index contributed by atoms with van der Waals surface area (Å²) in [7, 11) is 0. The number of rotatable bonds is 20. The molecule has 334 valence electrons. The lowest BCUT2D eigenvalue weighted by Gasteiger charge is -2.15. The summed E-state index contributed by atoms with van der Waals surface area (Å²) < 4.78 is 57.9. The summed E-state index contributed by atoms with van der Waals surface area (Å²) in [6.07, 6.45) is 14.0. The average Bonchev–Trinajstić information content (AvgIpc) is 3.27. The molecule has 12 heteroatoms. The molecule has 3 aromatic rings. The molecule has 0 fully saturated rings. The topological polar surface area (TPSA) is 121 Å². The van der Waals surface area contributed by atoms with Crippen molar-refractivity contribution in [3.8, 4) is 28.7 Å². The van der Waals surface area contributed by atoms with Crippen molar-refractivity contribution in [1.82, 2.24) is 5.32 Å². The molecule has 1 N–H and O–H groups in total. The average molecular weight is 838 g/mol. The van der Waals surface area contributed by atoms with Gasteiger partial charge in [-0.1, -0.05) is 89.0 Å². The monoisotopic (exact) mass is 838 g/mol. The Morgan fingerprint density at radius 3 is 1.52 bits per heavy atom. The van der Waals surface area contributed by atoms with Crippen LogP contribution in [0, 0.1) is 0 Å². The number of carbonyl (C=O) groups excluding carboxylic acids is 1. The number of benzene rings is 3. The molecule has 0 spiro atoms. The summed E-state index contributed by atoms with van der Waals surface area (Å²) in [6.45, 7) is 9.89. The fourth-order valence-electron chi connectivity index (χ4n) is 6.34. The van der Waals surface area contributed by atoms with Gasteiger partial charge in [0.1, 0.15) is 32.2 Å². The highest BCUT2D eigenvalue weighted by Crippen LogP contribution is 2.29. The van der Waals surface area contributed by atoms with E-state index in [4.69, 9.17) is 47.4 Å². The lowest BCUT2D eigenvalue weighted by molar-refractivity contribution is 0.0223. The second-order valence-corrected chi connectivity index (χ2v) is 14.6. The molecule has 0 bridgehead atoms. The first-order chi connectivity index (χ1) is 29.7. The Kier molecular flexibility index (Phi) is 26.5. The Balaban J connectivity index is 1.04. The van der Waals surface area contributed by atoms with Crippen molar-refractivity contribution >= 4 is 5.97 Å². The van der Waals surface area contributed by atoms with E-state index in [1.54, 1.807) is 18.2 Å². The van der Waals surface area contributed by atoms with Crippen LogP contribution in [-0.4, -0.2) is 105 Å². The normalized spacial score (nSPS) is 15.1. The summed E-state index contributed by atoms with van der Waals surface area (Å²) in [5, 5.41) is 3.48. The molecule has 12 nitrogen and oxygen atoms in total. The number of ether oxygens (including phenoxy) is 10. The summed E-state index contributed by atoms with van der Waals surface area (Å²) in [6, 6.07) is 21.1. The van der Waals surface area contributed by atoms with Gasteiger partial charge in [-0.3, -0.25) is 0 Å². The van der Waals surface area contributed by atoms with Crippen LogP contribution >= 0.6 is 0 Å². The Morgan fingerprint density at radius 2 is 0.983 bits per heavy atom. The van der Waals surface area contributed by atoms with Crippen molar-refractivity contribution in [2.75, 3.05) is 99.0 Å². The second kappa shape index (κ2) is 32.7. The van der Waals surface area contributed by atoms with Gasteiger partial charge in [-0.15, -0.1) is 0 Å². The van der Waals surface area contributed by atoms with Gasteiger partial charge in [0.05, 0.1) is 71.6 Å². The van der Waals surface area contributed by atoms with Crippen LogP contribution in [0.4, 0.5) is 0 Å². The third-order valence-electron chi connectivity index (χ3n) is 9.71. The van der Waals surface area contributed by atoms with Gasteiger partial charge in [0, 0.05) is 6.54 Å². The zero-order valence-electron chi connectivity index (χ0n) is 36.1. The molecule has 1 aliphatic heterocycles. The van der Waals surface area contributed by atoms with Gasteiger partial charge in [0.2, 0.25) is 0 Å². The number of fused-ring (bicyclic) bond motifs is 2. The molecule has 1 aliphatic rings. The number of esters is 1. The van der Waals surface area contributed by atoms with Crippen molar-refractivity contribution in [2.45, 2.75) is 90.5 Å². The molecule has 4 rings (SSSR count). The molecule has 0 radical (unpaired) electrons. The minimum atomic E-state index is -0.380. The molecule has 0 amide bonds. The van der Waals surface area contributed by atoms with Crippen LogP contribution in [0.1, 0.15) is 99.9 Å². The Hall–Kier alpha value is -4.07. The Bertz CT molecular complexity index is 1520. The molecule has 0 unspecified atom stereocenters. The van der Waals surface area contributed by atoms with Crippen molar-refractivity contribution < 1.29 is 52.2 Å². The van der Waals surface area contributed by atoms with E-state index in [9.17, 15) is 4.79 Å². The summed E-state index contributed by atoms with van der Waals surface area (Å²) in [5.74, 6) is 2.85. The molecule has 0 aromatic heterocycles. The van der Waals surface area contributed by atoms with E-state index in [1.807, 2.05) is 24.3 Å². The van der Waals surface area contributed by atoms with Crippen LogP contribution in [0.3, 0.4) is 0 Å². The van der Waals surface area contributed by atoms with Crippen molar-refractivity contribution in [3.05, 3.63) is 77.9 Å². The SMILES string of the molecule is CCCCNCc1ccc(OCCCCCCCCCCCCOC(=O)c2ccc3c(c2)OCCOCCOCCOc2ccccc2OCCOCCOCCO3)cc1. The molecule has 1 heterocycles. The maximum atomic E-state index is 12.9. The van der Waals surface area contributed by atoms with Gasteiger partial charge in [0.25, 0.3) is 0 Å². The highest BCUT2D eigenvalue weighted by Gasteiger charge is 2.14. The van der Waals surface area contributed by atoms with Gasteiger partial charge >= 0.3 is 5.97 Å². The maximum absolute atomic E-state index is 12.9. The number of hydrogen-bond acceptors (Lipinski definition) is 12. The van der Waals surface area contributed by atoms with Crippen LogP contribution < -0.4 is 29.0 Å². The third-order valence-corrected chi connectivity index (χ3v) is 9.71. The number of nitrogens with one attached hydrogen (secondary N) is 1. The highest BCUT2D eigenvalue weighted by molar-refractivity contribution is 5.90. The van der Waals surface area contributed by atoms with Gasteiger partial charge in [-0.25, -0.2) is 4.79 Å². The number of para-hydroxylation sites is 2. The minimum Gasteiger partial charge on any atom is -0.494 e. The van der Waals surface area contributed by atoms with Crippen LogP contribution in [0.25, 0.3) is 0 Å². The van der Waals surface area contributed by atoms with Crippen molar-refractivity contribution in [3.63, 3.8) is 0 Å². The van der Waals surface area contributed by atoms with Crippen molar-refractivity contribution in [2.24, 2.45) is 0 Å². The maximum Gasteiger partial charge on any atom is 0.338 e. The lowest BCUT2D eigenvalue weighted by Crippen LogP contribution is -2.16. The lowest BCUT2D eigenvalue weighted by atomic mass is 10.1. The molecular formula is C48H71NO11. The van der Waals surface area contributed by atoms with E-state index >= 15 is 0 Å². The van der Waals surface area contributed by atoms with Crippen LogP contribution in [0.5, 0.6) is 28.7 Å².